The summed E-state index contributed by atoms with van der Waals surface area (Å²) < 4.78 is 10.3. The molecule has 0 bridgehead atoms. The Morgan fingerprint density at radius 2 is 2.00 bits per heavy atom. The van der Waals surface area contributed by atoms with Crippen molar-refractivity contribution in [2.24, 2.45) is 4.99 Å². The molecule has 0 aromatic heterocycles. The number of hydrogen-bond donors (Lipinski definition) is 2. The second-order valence-electron chi connectivity index (χ2n) is 6.45. The van der Waals surface area contributed by atoms with Gasteiger partial charge in [0, 0.05) is 0 Å². The molecule has 2 aromatic rings. The van der Waals surface area contributed by atoms with Gasteiger partial charge >= 0.3 is 5.97 Å². The molecule has 0 radical (unpaired) electrons. The number of ether oxygens (including phenoxy) is 2. The number of nitrogens with one attached hydrogen (secondary N) is 1. The number of phenolic OH excluding ortho intramolecular Hbond substituents is 1. The summed E-state index contributed by atoms with van der Waals surface area (Å²) in [5.41, 5.74) is 1.78. The van der Waals surface area contributed by atoms with E-state index in [1.807, 2.05) is 6.92 Å². The first-order chi connectivity index (χ1) is 14.5. The lowest BCUT2D eigenvalue weighted by atomic mass is 10.2. The molecular weight excluding hydrogens is 404 g/mol. The number of thioether (sulfide) groups is 1. The molecule has 0 aliphatic carbocycles. The number of nitrogens with zero attached hydrogens (tertiary/aromatic N) is 1. The molecule has 30 heavy (non-hydrogen) atoms. The summed E-state index contributed by atoms with van der Waals surface area (Å²) in [6.45, 7) is 2.44. The van der Waals surface area contributed by atoms with Crippen molar-refractivity contribution in [3.8, 4) is 11.5 Å². The molecule has 3 rings (SSSR count). The first-order valence-corrected chi connectivity index (χ1v) is 10.3. The third-order valence-electron chi connectivity index (χ3n) is 4.22. The van der Waals surface area contributed by atoms with Crippen molar-refractivity contribution in [1.29, 1.82) is 0 Å². The van der Waals surface area contributed by atoms with Crippen LogP contribution in [0, 0.1) is 0 Å². The summed E-state index contributed by atoms with van der Waals surface area (Å²) in [5, 5.41) is 12.8. The third kappa shape index (κ3) is 5.42. The highest BCUT2D eigenvalue weighted by molar-refractivity contribution is 8.18. The van der Waals surface area contributed by atoms with E-state index < -0.39 is 0 Å². The highest BCUT2D eigenvalue weighted by atomic mass is 32.2. The van der Waals surface area contributed by atoms with E-state index in [-0.39, 0.29) is 17.6 Å². The molecule has 1 aliphatic rings. The molecule has 7 nitrogen and oxygen atoms in total. The maximum absolute atomic E-state index is 12.2. The summed E-state index contributed by atoms with van der Waals surface area (Å²) in [5.74, 6) is -0.263. The minimum Gasteiger partial charge on any atom is -0.504 e. The number of hydrogen-bond acceptors (Lipinski definition) is 7. The molecule has 156 valence electrons. The van der Waals surface area contributed by atoms with Crippen LogP contribution in [0.2, 0.25) is 0 Å². The number of carbonyl (C=O) groups excluding carboxylic acids is 2. The first kappa shape index (κ1) is 21.4. The predicted molar refractivity (Wildman–Crippen MR) is 117 cm³/mol. The number of methoxy groups -OCH3 is 1. The summed E-state index contributed by atoms with van der Waals surface area (Å²) in [4.78, 5) is 29.1. The van der Waals surface area contributed by atoms with Crippen molar-refractivity contribution in [1.82, 2.24) is 5.32 Å². The number of amidine groups is 1. The molecule has 1 heterocycles. The lowest BCUT2D eigenvalue weighted by Crippen LogP contribution is -2.19. The van der Waals surface area contributed by atoms with Gasteiger partial charge in [-0.3, -0.25) is 4.79 Å². The summed E-state index contributed by atoms with van der Waals surface area (Å²) in [6, 6.07) is 11.5. The lowest BCUT2D eigenvalue weighted by molar-refractivity contribution is -0.115. The maximum Gasteiger partial charge on any atom is 0.338 e. The van der Waals surface area contributed by atoms with Crippen LogP contribution in [-0.4, -0.2) is 35.9 Å². The normalized spacial score (nSPS) is 16.0. The van der Waals surface area contributed by atoms with Crippen LogP contribution in [0.3, 0.4) is 0 Å². The second kappa shape index (κ2) is 9.98. The fourth-order valence-corrected chi connectivity index (χ4v) is 3.44. The molecular formula is C22H22N2O5S. The number of carbonyl (C=O) groups is 2. The summed E-state index contributed by atoms with van der Waals surface area (Å²) in [6.07, 6.45) is 3.49. The van der Waals surface area contributed by atoms with Crippen LogP contribution in [0.4, 0.5) is 5.69 Å². The molecule has 1 saturated heterocycles. The van der Waals surface area contributed by atoms with E-state index >= 15 is 0 Å². The fourth-order valence-electron chi connectivity index (χ4n) is 2.60. The molecule has 1 aliphatic heterocycles. The Bertz CT molecular complexity index is 999. The highest BCUT2D eigenvalue weighted by Crippen LogP contribution is 2.31. The number of aliphatic imine (C=N–C) groups is 1. The van der Waals surface area contributed by atoms with Crippen molar-refractivity contribution in [3.63, 3.8) is 0 Å². The molecule has 0 atom stereocenters. The number of phenols is 1. The minimum absolute atomic E-state index is 0.0307. The standard InChI is InChI=1S/C22H22N2O5S/c1-3-4-11-29-21(27)15-6-8-16(9-7-15)23-22-24-20(26)19(30-22)13-14-5-10-17(25)18(12-14)28-2/h5-10,12-13,25H,3-4,11H2,1-2H3,(H,23,24,26)/b19-13-. The molecule has 2 aromatic carbocycles. The van der Waals surface area contributed by atoms with Gasteiger partial charge in [-0.1, -0.05) is 19.4 Å². The zero-order chi connectivity index (χ0) is 21.5. The van der Waals surface area contributed by atoms with Gasteiger partial charge in [-0.25, -0.2) is 9.79 Å². The van der Waals surface area contributed by atoms with E-state index in [0.29, 0.717) is 33.7 Å². The van der Waals surface area contributed by atoms with Gasteiger partial charge in [-0.2, -0.15) is 0 Å². The summed E-state index contributed by atoms with van der Waals surface area (Å²) >= 11 is 1.21. The molecule has 0 unspecified atom stereocenters. The first-order valence-electron chi connectivity index (χ1n) is 9.44. The van der Waals surface area contributed by atoms with Gasteiger partial charge < -0.3 is 19.9 Å². The third-order valence-corrected chi connectivity index (χ3v) is 5.13. The van der Waals surface area contributed by atoms with E-state index in [9.17, 15) is 14.7 Å². The average Bonchev–Trinajstić information content (AvgIpc) is 3.08. The van der Waals surface area contributed by atoms with Gasteiger partial charge in [-0.15, -0.1) is 0 Å². The van der Waals surface area contributed by atoms with Gasteiger partial charge in [0.25, 0.3) is 5.91 Å². The highest BCUT2D eigenvalue weighted by Gasteiger charge is 2.24. The van der Waals surface area contributed by atoms with E-state index in [0.717, 1.165) is 18.4 Å². The minimum atomic E-state index is -0.360. The second-order valence-corrected chi connectivity index (χ2v) is 7.48. The van der Waals surface area contributed by atoms with Gasteiger partial charge in [-0.05, 0) is 66.2 Å². The Morgan fingerprint density at radius 1 is 1.23 bits per heavy atom. The number of benzene rings is 2. The van der Waals surface area contributed by atoms with Crippen molar-refractivity contribution < 1.29 is 24.2 Å². The van der Waals surface area contributed by atoms with E-state index in [1.165, 1.54) is 24.9 Å². The van der Waals surface area contributed by atoms with E-state index in [4.69, 9.17) is 9.47 Å². The van der Waals surface area contributed by atoms with Gasteiger partial charge in [0.05, 0.1) is 29.9 Å². The van der Waals surface area contributed by atoms with Crippen LogP contribution < -0.4 is 10.1 Å². The Labute approximate surface area is 178 Å². The number of amides is 1. The largest absolute Gasteiger partial charge is 0.504 e. The Hall–Kier alpha value is -3.26. The Balaban J connectivity index is 1.69. The van der Waals surface area contributed by atoms with Crippen molar-refractivity contribution in [3.05, 3.63) is 58.5 Å². The zero-order valence-corrected chi connectivity index (χ0v) is 17.5. The van der Waals surface area contributed by atoms with Crippen LogP contribution >= 0.6 is 11.8 Å². The zero-order valence-electron chi connectivity index (χ0n) is 16.7. The Kier molecular flexibility index (Phi) is 7.13. The number of aromatic hydroxyl groups is 1. The smallest absolute Gasteiger partial charge is 0.338 e. The molecule has 1 amide bonds. The Morgan fingerprint density at radius 3 is 2.70 bits per heavy atom. The van der Waals surface area contributed by atoms with E-state index in [2.05, 4.69) is 10.3 Å². The number of esters is 1. The maximum atomic E-state index is 12.2. The molecule has 1 fully saturated rings. The van der Waals surface area contributed by atoms with Crippen LogP contribution in [-0.2, 0) is 9.53 Å². The molecule has 2 N–H and O–H groups in total. The predicted octanol–water partition coefficient (Wildman–Crippen LogP) is 4.25. The topological polar surface area (TPSA) is 97.2 Å². The lowest BCUT2D eigenvalue weighted by Gasteiger charge is -2.04. The van der Waals surface area contributed by atoms with Gasteiger partial charge in [0.2, 0.25) is 0 Å². The van der Waals surface area contributed by atoms with Crippen molar-refractivity contribution >= 4 is 40.6 Å². The van der Waals surface area contributed by atoms with Crippen LogP contribution in [0.5, 0.6) is 11.5 Å². The van der Waals surface area contributed by atoms with Crippen LogP contribution in [0.15, 0.2) is 52.4 Å². The fraction of sp³-hybridized carbons (Fsp3) is 0.227. The van der Waals surface area contributed by atoms with Crippen molar-refractivity contribution in [2.75, 3.05) is 13.7 Å². The molecule has 8 heteroatoms. The quantitative estimate of drug-likeness (QED) is 0.390. The summed E-state index contributed by atoms with van der Waals surface area (Å²) in [7, 11) is 1.46. The molecule has 0 spiro atoms. The molecule has 0 saturated carbocycles. The average molecular weight is 426 g/mol. The number of unbranched alkanes of at least 4 members (excludes halogenated alkanes) is 1. The van der Waals surface area contributed by atoms with Gasteiger partial charge in [0.15, 0.2) is 16.7 Å². The van der Waals surface area contributed by atoms with E-state index in [1.54, 1.807) is 42.5 Å². The number of rotatable bonds is 7. The van der Waals surface area contributed by atoms with Gasteiger partial charge in [0.1, 0.15) is 0 Å². The SMILES string of the molecule is CCCCOC(=O)c1ccc(N=C2NC(=O)/C(=C/c3ccc(O)c(OC)c3)S2)cc1. The van der Waals surface area contributed by atoms with Crippen molar-refractivity contribution in [2.45, 2.75) is 19.8 Å². The van der Waals surface area contributed by atoms with Crippen LogP contribution in [0.25, 0.3) is 6.08 Å². The monoisotopic (exact) mass is 426 g/mol. The van der Waals surface area contributed by atoms with Crippen LogP contribution in [0.1, 0.15) is 35.7 Å².